The van der Waals surface area contributed by atoms with Gasteiger partial charge in [0.25, 0.3) is 0 Å². The van der Waals surface area contributed by atoms with Crippen LogP contribution >= 0.6 is 0 Å². The van der Waals surface area contributed by atoms with Gasteiger partial charge in [0.1, 0.15) is 0 Å². The second-order valence-corrected chi connectivity index (χ2v) is 7.54. The summed E-state index contributed by atoms with van der Waals surface area (Å²) in [4.78, 5) is 2.59. The van der Waals surface area contributed by atoms with E-state index >= 15 is 0 Å². The molecule has 6 heteroatoms. The minimum absolute atomic E-state index is 0.0706. The standard InChI is InChI=1S/C20H29N5O/c1-3-17-9-7-8-16(2)18(17)25-19(21-22-23-25)20(10-5-4-6-11-20)24-12-14-26-15-13-24/h7-9H,3-6,10-15H2,1-2H3. The van der Waals surface area contributed by atoms with Crippen molar-refractivity contribution < 1.29 is 4.74 Å². The van der Waals surface area contributed by atoms with Gasteiger partial charge in [0.05, 0.1) is 24.4 Å². The third-order valence-corrected chi connectivity index (χ3v) is 6.10. The van der Waals surface area contributed by atoms with Gasteiger partial charge in [-0.1, -0.05) is 44.4 Å². The molecule has 2 aliphatic rings. The normalized spacial score (nSPS) is 21.0. The monoisotopic (exact) mass is 355 g/mol. The summed E-state index contributed by atoms with van der Waals surface area (Å²) in [6.07, 6.45) is 7.00. The van der Waals surface area contributed by atoms with Gasteiger partial charge in [0, 0.05) is 13.1 Å². The summed E-state index contributed by atoms with van der Waals surface area (Å²) in [5.41, 5.74) is 3.62. The minimum atomic E-state index is -0.0706. The quantitative estimate of drug-likeness (QED) is 0.844. The Bertz CT molecular complexity index is 744. The maximum atomic E-state index is 5.62. The van der Waals surface area contributed by atoms with E-state index in [2.05, 4.69) is 52.5 Å². The molecule has 0 amide bonds. The van der Waals surface area contributed by atoms with E-state index < -0.39 is 0 Å². The summed E-state index contributed by atoms with van der Waals surface area (Å²) >= 11 is 0. The number of para-hydroxylation sites is 1. The molecule has 1 saturated carbocycles. The first kappa shape index (κ1) is 17.6. The van der Waals surface area contributed by atoms with Crippen molar-refractivity contribution in [3.63, 3.8) is 0 Å². The summed E-state index contributed by atoms with van der Waals surface area (Å²) in [6.45, 7) is 7.87. The Morgan fingerprint density at radius 3 is 2.62 bits per heavy atom. The molecule has 4 rings (SSSR count). The number of rotatable bonds is 4. The molecular weight excluding hydrogens is 326 g/mol. The van der Waals surface area contributed by atoms with Crippen LogP contribution < -0.4 is 0 Å². The van der Waals surface area contributed by atoms with Crippen molar-refractivity contribution in [1.82, 2.24) is 25.1 Å². The van der Waals surface area contributed by atoms with Crippen molar-refractivity contribution in [2.45, 2.75) is 57.9 Å². The molecule has 0 atom stereocenters. The first-order chi connectivity index (χ1) is 12.8. The Kier molecular flexibility index (Phi) is 5.05. The van der Waals surface area contributed by atoms with Crippen LogP contribution in [0.3, 0.4) is 0 Å². The second-order valence-electron chi connectivity index (χ2n) is 7.54. The predicted molar refractivity (Wildman–Crippen MR) is 100 cm³/mol. The van der Waals surface area contributed by atoms with Crippen LogP contribution in [-0.4, -0.2) is 51.4 Å². The smallest absolute Gasteiger partial charge is 0.176 e. The predicted octanol–water partition coefficient (Wildman–Crippen LogP) is 3.02. The van der Waals surface area contributed by atoms with Crippen LogP contribution in [0.25, 0.3) is 5.69 Å². The molecule has 140 valence electrons. The summed E-state index contributed by atoms with van der Waals surface area (Å²) in [5, 5.41) is 13.2. The number of aromatic nitrogens is 4. The number of tetrazole rings is 1. The van der Waals surface area contributed by atoms with E-state index in [1.807, 2.05) is 4.68 Å². The lowest BCUT2D eigenvalue weighted by Crippen LogP contribution is -2.53. The Morgan fingerprint density at radius 1 is 1.12 bits per heavy atom. The zero-order valence-electron chi connectivity index (χ0n) is 15.9. The molecule has 6 nitrogen and oxygen atoms in total. The van der Waals surface area contributed by atoms with Gasteiger partial charge in [-0.15, -0.1) is 5.10 Å². The Hall–Kier alpha value is -1.79. The van der Waals surface area contributed by atoms with Crippen molar-refractivity contribution >= 4 is 0 Å². The third-order valence-electron chi connectivity index (χ3n) is 6.10. The van der Waals surface area contributed by atoms with Gasteiger partial charge < -0.3 is 4.74 Å². The topological polar surface area (TPSA) is 56.1 Å². The highest BCUT2D eigenvalue weighted by molar-refractivity contribution is 5.47. The lowest BCUT2D eigenvalue weighted by atomic mass is 9.79. The van der Waals surface area contributed by atoms with E-state index in [1.54, 1.807) is 0 Å². The van der Waals surface area contributed by atoms with Gasteiger partial charge in [-0.05, 0) is 47.7 Å². The Balaban J connectivity index is 1.83. The van der Waals surface area contributed by atoms with E-state index in [-0.39, 0.29) is 5.54 Å². The molecule has 1 aliphatic heterocycles. The first-order valence-electron chi connectivity index (χ1n) is 9.97. The number of morpholine rings is 1. The highest BCUT2D eigenvalue weighted by Gasteiger charge is 2.44. The van der Waals surface area contributed by atoms with Crippen molar-refractivity contribution in [3.05, 3.63) is 35.2 Å². The number of nitrogens with zero attached hydrogens (tertiary/aromatic N) is 5. The van der Waals surface area contributed by atoms with Crippen molar-refractivity contribution in [3.8, 4) is 5.69 Å². The van der Waals surface area contributed by atoms with Crippen molar-refractivity contribution in [2.24, 2.45) is 0 Å². The maximum Gasteiger partial charge on any atom is 0.176 e. The van der Waals surface area contributed by atoms with Crippen LogP contribution in [-0.2, 0) is 16.7 Å². The molecule has 1 aliphatic carbocycles. The number of hydrogen-bond acceptors (Lipinski definition) is 5. The van der Waals surface area contributed by atoms with Crippen LogP contribution in [0.4, 0.5) is 0 Å². The number of ether oxygens (including phenoxy) is 1. The van der Waals surface area contributed by atoms with Gasteiger partial charge in [-0.25, -0.2) is 0 Å². The molecule has 0 bridgehead atoms. The summed E-state index contributed by atoms with van der Waals surface area (Å²) in [6, 6.07) is 6.47. The fourth-order valence-electron chi connectivity index (χ4n) is 4.75. The van der Waals surface area contributed by atoms with Gasteiger partial charge in [0.15, 0.2) is 5.82 Å². The van der Waals surface area contributed by atoms with E-state index in [0.717, 1.165) is 57.1 Å². The molecule has 1 aromatic carbocycles. The molecule has 2 fully saturated rings. The van der Waals surface area contributed by atoms with Crippen LogP contribution in [0.15, 0.2) is 18.2 Å². The SMILES string of the molecule is CCc1cccc(C)c1-n1nnnc1C1(N2CCOCC2)CCCCC1. The Labute approximate surface area is 155 Å². The van der Waals surface area contributed by atoms with Gasteiger partial charge in [0.2, 0.25) is 0 Å². The minimum Gasteiger partial charge on any atom is -0.379 e. The summed E-state index contributed by atoms with van der Waals surface area (Å²) < 4.78 is 7.66. The van der Waals surface area contributed by atoms with E-state index in [4.69, 9.17) is 4.74 Å². The van der Waals surface area contributed by atoms with Crippen LogP contribution in [0.2, 0.25) is 0 Å². The highest BCUT2D eigenvalue weighted by atomic mass is 16.5. The summed E-state index contributed by atoms with van der Waals surface area (Å²) in [5.74, 6) is 1.02. The molecule has 0 spiro atoms. The second kappa shape index (κ2) is 7.45. The average Bonchev–Trinajstić information content (AvgIpc) is 3.19. The maximum absolute atomic E-state index is 5.62. The van der Waals surface area contributed by atoms with Gasteiger partial charge in [-0.2, -0.15) is 4.68 Å². The summed E-state index contributed by atoms with van der Waals surface area (Å²) in [7, 11) is 0. The fourth-order valence-corrected chi connectivity index (χ4v) is 4.75. The van der Waals surface area contributed by atoms with E-state index in [1.165, 1.54) is 30.4 Å². The van der Waals surface area contributed by atoms with Crippen LogP contribution in [0.1, 0.15) is 56.0 Å². The molecule has 1 aromatic heterocycles. The molecule has 0 N–H and O–H groups in total. The van der Waals surface area contributed by atoms with Crippen LogP contribution in [0, 0.1) is 6.92 Å². The van der Waals surface area contributed by atoms with Gasteiger partial charge >= 0.3 is 0 Å². The molecule has 2 aromatic rings. The zero-order chi connectivity index (χ0) is 18.0. The highest BCUT2D eigenvalue weighted by Crippen LogP contribution is 2.42. The van der Waals surface area contributed by atoms with E-state index in [9.17, 15) is 0 Å². The number of hydrogen-bond donors (Lipinski definition) is 0. The molecule has 2 heterocycles. The number of benzene rings is 1. The lowest BCUT2D eigenvalue weighted by molar-refractivity contribution is -0.0451. The molecule has 0 unspecified atom stereocenters. The third kappa shape index (κ3) is 2.95. The van der Waals surface area contributed by atoms with Crippen LogP contribution in [0.5, 0.6) is 0 Å². The first-order valence-corrected chi connectivity index (χ1v) is 9.97. The lowest BCUT2D eigenvalue weighted by Gasteiger charge is -2.46. The molecule has 26 heavy (non-hydrogen) atoms. The van der Waals surface area contributed by atoms with E-state index in [0.29, 0.717) is 0 Å². The Morgan fingerprint density at radius 2 is 1.88 bits per heavy atom. The zero-order valence-corrected chi connectivity index (χ0v) is 15.9. The average molecular weight is 355 g/mol. The number of aryl methyl sites for hydroxylation is 2. The van der Waals surface area contributed by atoms with Crippen molar-refractivity contribution in [2.75, 3.05) is 26.3 Å². The largest absolute Gasteiger partial charge is 0.379 e. The molecular formula is C20H29N5O. The molecule has 0 radical (unpaired) electrons. The molecule has 1 saturated heterocycles. The van der Waals surface area contributed by atoms with Crippen molar-refractivity contribution in [1.29, 1.82) is 0 Å². The fraction of sp³-hybridized carbons (Fsp3) is 0.650. The van der Waals surface area contributed by atoms with Gasteiger partial charge in [-0.3, -0.25) is 4.90 Å².